The van der Waals surface area contributed by atoms with Crippen LogP contribution in [0.25, 0.3) is 16.2 Å². The van der Waals surface area contributed by atoms with Crippen LogP contribution in [0.5, 0.6) is 0 Å². The first kappa shape index (κ1) is 16.0. The van der Waals surface area contributed by atoms with Gasteiger partial charge in [0.25, 0.3) is 5.56 Å². The van der Waals surface area contributed by atoms with Gasteiger partial charge in [-0.2, -0.15) is 0 Å². The number of rotatable bonds is 3. The Kier molecular flexibility index (Phi) is 4.33. The van der Waals surface area contributed by atoms with Crippen LogP contribution in [0.2, 0.25) is 0 Å². The minimum Gasteiger partial charge on any atom is -0.378 e. The molecular weight excluding hydrogens is 338 g/mol. The molecule has 2 aromatic heterocycles. The third-order valence-electron chi connectivity index (χ3n) is 4.25. The molecular formula is C18H17N3O3S. The Morgan fingerprint density at radius 1 is 1.20 bits per heavy atom. The van der Waals surface area contributed by atoms with E-state index in [0.717, 1.165) is 11.3 Å². The predicted molar refractivity (Wildman–Crippen MR) is 95.9 cm³/mol. The van der Waals surface area contributed by atoms with Gasteiger partial charge in [-0.3, -0.25) is 14.0 Å². The second-order valence-electron chi connectivity index (χ2n) is 5.88. The van der Waals surface area contributed by atoms with Gasteiger partial charge in [-0.25, -0.2) is 4.98 Å². The highest BCUT2D eigenvalue weighted by molar-refractivity contribution is 7.14. The SMILES string of the molecule is O=C(Cc1csc2nc(-c3ccccc3)cn2c1=O)N1CCOCC1. The van der Waals surface area contributed by atoms with Gasteiger partial charge in [0.15, 0.2) is 4.96 Å². The first-order valence-corrected chi connectivity index (χ1v) is 9.01. The Labute approximate surface area is 148 Å². The van der Waals surface area contributed by atoms with Crippen molar-refractivity contribution in [3.8, 4) is 11.3 Å². The van der Waals surface area contributed by atoms with E-state index in [1.165, 1.54) is 15.7 Å². The Bertz CT molecular complexity index is 959. The summed E-state index contributed by atoms with van der Waals surface area (Å²) in [5, 5.41) is 1.75. The van der Waals surface area contributed by atoms with E-state index in [0.29, 0.717) is 36.8 Å². The number of benzene rings is 1. The number of nitrogens with zero attached hydrogens (tertiary/aromatic N) is 3. The van der Waals surface area contributed by atoms with Crippen LogP contribution in [0.1, 0.15) is 5.56 Å². The van der Waals surface area contributed by atoms with E-state index in [2.05, 4.69) is 4.98 Å². The quantitative estimate of drug-likeness (QED) is 0.719. The molecule has 0 aliphatic carbocycles. The maximum Gasteiger partial charge on any atom is 0.261 e. The number of hydrogen-bond acceptors (Lipinski definition) is 5. The van der Waals surface area contributed by atoms with Crippen LogP contribution < -0.4 is 5.56 Å². The van der Waals surface area contributed by atoms with Crippen LogP contribution >= 0.6 is 11.3 Å². The summed E-state index contributed by atoms with van der Waals surface area (Å²) in [5.74, 6) is -0.0321. The fraction of sp³-hybridized carbons (Fsp3) is 0.278. The normalized spacial score (nSPS) is 14.8. The molecule has 128 valence electrons. The molecule has 1 aliphatic rings. The smallest absolute Gasteiger partial charge is 0.261 e. The van der Waals surface area contributed by atoms with E-state index in [-0.39, 0.29) is 17.9 Å². The van der Waals surface area contributed by atoms with Crippen LogP contribution in [0, 0.1) is 0 Å². The van der Waals surface area contributed by atoms with E-state index in [1.807, 2.05) is 30.3 Å². The van der Waals surface area contributed by atoms with E-state index in [9.17, 15) is 9.59 Å². The number of carbonyl (C=O) groups is 1. The predicted octanol–water partition coefficient (Wildman–Crippen LogP) is 1.82. The van der Waals surface area contributed by atoms with Gasteiger partial charge in [-0.1, -0.05) is 30.3 Å². The molecule has 0 bridgehead atoms. The molecule has 0 radical (unpaired) electrons. The molecule has 1 aliphatic heterocycles. The van der Waals surface area contributed by atoms with Gasteiger partial charge in [0.05, 0.1) is 25.3 Å². The zero-order valence-electron chi connectivity index (χ0n) is 13.6. The Hall–Kier alpha value is -2.51. The Morgan fingerprint density at radius 2 is 1.96 bits per heavy atom. The Morgan fingerprint density at radius 3 is 2.72 bits per heavy atom. The summed E-state index contributed by atoms with van der Waals surface area (Å²) in [5.41, 5.74) is 2.05. The number of morpholine rings is 1. The summed E-state index contributed by atoms with van der Waals surface area (Å²) < 4.78 is 6.80. The van der Waals surface area contributed by atoms with E-state index in [1.54, 1.807) is 16.5 Å². The second kappa shape index (κ2) is 6.78. The van der Waals surface area contributed by atoms with Crippen LogP contribution in [0.4, 0.5) is 0 Å². The van der Waals surface area contributed by atoms with Crippen molar-refractivity contribution in [1.82, 2.24) is 14.3 Å². The van der Waals surface area contributed by atoms with Crippen molar-refractivity contribution in [2.45, 2.75) is 6.42 Å². The summed E-state index contributed by atoms with van der Waals surface area (Å²) in [4.78, 5) is 32.0. The van der Waals surface area contributed by atoms with Crippen molar-refractivity contribution in [2.75, 3.05) is 26.3 Å². The number of imidazole rings is 1. The highest BCUT2D eigenvalue weighted by atomic mass is 32.1. The summed E-state index contributed by atoms with van der Waals surface area (Å²) in [6, 6.07) is 9.73. The number of carbonyl (C=O) groups excluding carboxylic acids is 1. The van der Waals surface area contributed by atoms with Gasteiger partial charge >= 0.3 is 0 Å². The zero-order valence-corrected chi connectivity index (χ0v) is 14.4. The molecule has 0 N–H and O–H groups in total. The van der Waals surface area contributed by atoms with Gasteiger partial charge in [0, 0.05) is 35.8 Å². The average molecular weight is 355 g/mol. The van der Waals surface area contributed by atoms with Gasteiger partial charge in [-0.15, -0.1) is 11.3 Å². The molecule has 1 amide bonds. The largest absolute Gasteiger partial charge is 0.378 e. The summed E-state index contributed by atoms with van der Waals surface area (Å²) in [7, 11) is 0. The van der Waals surface area contributed by atoms with Crippen molar-refractivity contribution in [1.29, 1.82) is 0 Å². The first-order valence-electron chi connectivity index (χ1n) is 8.13. The molecule has 1 saturated heterocycles. The van der Waals surface area contributed by atoms with E-state index >= 15 is 0 Å². The first-order chi connectivity index (χ1) is 12.2. The molecule has 3 heterocycles. The molecule has 1 aromatic carbocycles. The lowest BCUT2D eigenvalue weighted by atomic mass is 10.2. The van der Waals surface area contributed by atoms with Gasteiger partial charge in [-0.05, 0) is 0 Å². The number of amides is 1. The van der Waals surface area contributed by atoms with Crippen molar-refractivity contribution in [2.24, 2.45) is 0 Å². The molecule has 0 unspecified atom stereocenters. The molecule has 0 saturated carbocycles. The lowest BCUT2D eigenvalue weighted by Gasteiger charge is -2.26. The minimum atomic E-state index is -0.176. The maximum atomic E-state index is 12.7. The molecule has 0 spiro atoms. The topological polar surface area (TPSA) is 63.9 Å². The van der Waals surface area contributed by atoms with Crippen LogP contribution in [-0.2, 0) is 16.0 Å². The third-order valence-corrected chi connectivity index (χ3v) is 5.15. The second-order valence-corrected chi connectivity index (χ2v) is 6.72. The van der Waals surface area contributed by atoms with Gasteiger partial charge in [0.2, 0.25) is 5.91 Å². The van der Waals surface area contributed by atoms with Crippen LogP contribution in [0.3, 0.4) is 0 Å². The maximum absolute atomic E-state index is 12.7. The van der Waals surface area contributed by atoms with Crippen molar-refractivity contribution in [3.05, 3.63) is 57.8 Å². The van der Waals surface area contributed by atoms with Crippen molar-refractivity contribution >= 4 is 22.2 Å². The van der Waals surface area contributed by atoms with Crippen molar-refractivity contribution in [3.63, 3.8) is 0 Å². The molecule has 1 fully saturated rings. The molecule has 4 rings (SSSR count). The third kappa shape index (κ3) is 3.20. The lowest BCUT2D eigenvalue weighted by Crippen LogP contribution is -2.42. The van der Waals surface area contributed by atoms with Gasteiger partial charge < -0.3 is 9.64 Å². The highest BCUT2D eigenvalue weighted by Crippen LogP contribution is 2.20. The summed E-state index contributed by atoms with van der Waals surface area (Å²) in [6.07, 6.45) is 1.86. The zero-order chi connectivity index (χ0) is 17.2. The number of fused-ring (bicyclic) bond motifs is 1. The number of ether oxygens (including phenoxy) is 1. The van der Waals surface area contributed by atoms with Gasteiger partial charge in [0.1, 0.15) is 0 Å². The minimum absolute atomic E-state index is 0.0321. The molecule has 0 atom stereocenters. The lowest BCUT2D eigenvalue weighted by molar-refractivity contribution is -0.134. The monoisotopic (exact) mass is 355 g/mol. The molecule has 7 heteroatoms. The van der Waals surface area contributed by atoms with E-state index in [4.69, 9.17) is 4.74 Å². The summed E-state index contributed by atoms with van der Waals surface area (Å²) >= 11 is 1.38. The van der Waals surface area contributed by atoms with Crippen LogP contribution in [0.15, 0.2) is 46.7 Å². The Balaban J connectivity index is 1.63. The molecule has 6 nitrogen and oxygen atoms in total. The van der Waals surface area contributed by atoms with E-state index < -0.39 is 0 Å². The summed E-state index contributed by atoms with van der Waals surface area (Å²) in [6.45, 7) is 2.28. The number of hydrogen-bond donors (Lipinski definition) is 0. The average Bonchev–Trinajstić information content (AvgIpc) is 3.11. The van der Waals surface area contributed by atoms with Crippen molar-refractivity contribution < 1.29 is 9.53 Å². The van der Waals surface area contributed by atoms with Crippen LogP contribution in [-0.4, -0.2) is 46.5 Å². The fourth-order valence-corrected chi connectivity index (χ4v) is 3.71. The highest BCUT2D eigenvalue weighted by Gasteiger charge is 2.19. The molecule has 25 heavy (non-hydrogen) atoms. The fourth-order valence-electron chi connectivity index (χ4n) is 2.87. The number of aromatic nitrogens is 2. The standard InChI is InChI=1S/C18H17N3O3S/c22-16(20-6-8-24-9-7-20)10-14-12-25-18-19-15(11-21(18)17(14)23)13-4-2-1-3-5-13/h1-5,11-12H,6-10H2. The molecule has 3 aromatic rings.